The molecule has 1 aliphatic heterocycles. The Balaban J connectivity index is 1.63. The molecule has 0 radical (unpaired) electrons. The van der Waals surface area contributed by atoms with Crippen molar-refractivity contribution < 1.29 is 37.0 Å². The van der Waals surface area contributed by atoms with Crippen LogP contribution in [0.15, 0.2) is 42.5 Å². The zero-order valence-corrected chi connectivity index (χ0v) is 19.2. The number of methoxy groups -OCH3 is 1. The van der Waals surface area contributed by atoms with E-state index in [1.165, 1.54) is 7.11 Å². The molecule has 1 amide bonds. The van der Waals surface area contributed by atoms with Crippen LogP contribution in [-0.2, 0) is 25.6 Å². The van der Waals surface area contributed by atoms with Gasteiger partial charge in [0.05, 0.1) is 31.8 Å². The Labute approximate surface area is 196 Å². The molecule has 3 rings (SSSR count). The number of amides is 1. The summed E-state index contributed by atoms with van der Waals surface area (Å²) < 4.78 is 57.2. The Morgan fingerprint density at radius 1 is 1.03 bits per heavy atom. The van der Waals surface area contributed by atoms with Crippen LogP contribution < -0.4 is 5.32 Å². The molecule has 0 aliphatic carbocycles. The SMILES string of the molecule is CO[C@H]1OC(COCc2ccccc2)[C@H](C)[C@H](C(=O)NCC(=O)c2cc(F)c(F)c(F)c2)C1C. The number of hydrogen-bond acceptors (Lipinski definition) is 5. The molecule has 1 fully saturated rings. The number of ether oxygens (including phenoxy) is 3. The number of hydrogen-bond donors (Lipinski definition) is 1. The van der Waals surface area contributed by atoms with Crippen LogP contribution in [0.3, 0.4) is 0 Å². The van der Waals surface area contributed by atoms with Gasteiger partial charge in [-0.2, -0.15) is 0 Å². The van der Waals surface area contributed by atoms with Gasteiger partial charge in [0.25, 0.3) is 0 Å². The molecule has 0 bridgehead atoms. The maximum absolute atomic E-state index is 13.4. The summed E-state index contributed by atoms with van der Waals surface area (Å²) in [7, 11) is 1.48. The summed E-state index contributed by atoms with van der Waals surface area (Å²) in [6.07, 6.45) is -1.09. The van der Waals surface area contributed by atoms with E-state index >= 15 is 0 Å². The number of benzene rings is 2. The molecule has 0 aromatic heterocycles. The highest BCUT2D eigenvalue weighted by Gasteiger charge is 2.45. The fraction of sp³-hybridized carbons (Fsp3) is 0.440. The molecular weight excluding hydrogens is 451 g/mol. The number of halogens is 3. The van der Waals surface area contributed by atoms with Gasteiger partial charge in [0.1, 0.15) is 0 Å². The van der Waals surface area contributed by atoms with E-state index in [4.69, 9.17) is 14.2 Å². The first-order chi connectivity index (χ1) is 16.2. The second-order valence-electron chi connectivity index (χ2n) is 8.42. The lowest BCUT2D eigenvalue weighted by molar-refractivity contribution is -0.247. The van der Waals surface area contributed by atoms with Gasteiger partial charge in [-0.05, 0) is 23.6 Å². The third-order valence-corrected chi connectivity index (χ3v) is 6.12. The van der Waals surface area contributed by atoms with Crippen molar-refractivity contribution in [3.8, 4) is 0 Å². The molecule has 1 heterocycles. The zero-order valence-electron chi connectivity index (χ0n) is 19.2. The Kier molecular flexibility index (Phi) is 8.82. The minimum absolute atomic E-state index is 0.236. The van der Waals surface area contributed by atoms with Gasteiger partial charge < -0.3 is 19.5 Å². The molecule has 5 atom stereocenters. The first-order valence-corrected chi connectivity index (χ1v) is 11.0. The van der Waals surface area contributed by atoms with Gasteiger partial charge in [-0.1, -0.05) is 44.2 Å². The summed E-state index contributed by atoms with van der Waals surface area (Å²) in [5.74, 6) is -6.94. The van der Waals surface area contributed by atoms with Gasteiger partial charge in [0.2, 0.25) is 5.91 Å². The molecule has 0 spiro atoms. The molecule has 1 aliphatic rings. The molecule has 2 aromatic carbocycles. The lowest BCUT2D eigenvalue weighted by Crippen LogP contribution is -2.53. The summed E-state index contributed by atoms with van der Waals surface area (Å²) >= 11 is 0. The van der Waals surface area contributed by atoms with Crippen LogP contribution >= 0.6 is 0 Å². The molecule has 184 valence electrons. The van der Waals surface area contributed by atoms with Crippen LogP contribution in [0.4, 0.5) is 13.2 Å². The number of ketones is 1. The van der Waals surface area contributed by atoms with Gasteiger partial charge in [-0.25, -0.2) is 13.2 Å². The summed E-state index contributed by atoms with van der Waals surface area (Å²) in [6.45, 7) is 3.79. The Bertz CT molecular complexity index is 980. The van der Waals surface area contributed by atoms with E-state index in [1.807, 2.05) is 44.2 Å². The quantitative estimate of drug-likeness (QED) is 0.437. The molecule has 1 saturated heterocycles. The van der Waals surface area contributed by atoms with Crippen molar-refractivity contribution in [3.05, 3.63) is 71.0 Å². The van der Waals surface area contributed by atoms with Crippen molar-refractivity contribution >= 4 is 11.7 Å². The lowest BCUT2D eigenvalue weighted by Gasteiger charge is -2.43. The second-order valence-corrected chi connectivity index (χ2v) is 8.42. The highest BCUT2D eigenvalue weighted by molar-refractivity contribution is 5.99. The number of carbonyl (C=O) groups excluding carboxylic acids is 2. The maximum Gasteiger partial charge on any atom is 0.224 e. The van der Waals surface area contributed by atoms with Gasteiger partial charge >= 0.3 is 0 Å². The average molecular weight is 479 g/mol. The predicted molar refractivity (Wildman–Crippen MR) is 117 cm³/mol. The largest absolute Gasteiger partial charge is 0.374 e. The van der Waals surface area contributed by atoms with Gasteiger partial charge in [-0.3, -0.25) is 9.59 Å². The zero-order chi connectivity index (χ0) is 24.8. The lowest BCUT2D eigenvalue weighted by atomic mass is 9.77. The van der Waals surface area contributed by atoms with Crippen molar-refractivity contribution in [1.29, 1.82) is 0 Å². The minimum atomic E-state index is -1.66. The third kappa shape index (κ3) is 6.02. The Morgan fingerprint density at radius 2 is 1.68 bits per heavy atom. The highest BCUT2D eigenvalue weighted by Crippen LogP contribution is 2.36. The highest BCUT2D eigenvalue weighted by atomic mass is 19.2. The number of carbonyl (C=O) groups is 2. The van der Waals surface area contributed by atoms with Gasteiger partial charge in [-0.15, -0.1) is 0 Å². The molecule has 6 nitrogen and oxygen atoms in total. The van der Waals surface area contributed by atoms with Crippen LogP contribution in [0, 0.1) is 35.2 Å². The number of rotatable bonds is 9. The first-order valence-electron chi connectivity index (χ1n) is 11.0. The summed E-state index contributed by atoms with van der Waals surface area (Å²) in [5, 5.41) is 2.53. The van der Waals surface area contributed by atoms with Crippen molar-refractivity contribution in [2.24, 2.45) is 17.8 Å². The van der Waals surface area contributed by atoms with Gasteiger partial charge in [0.15, 0.2) is 29.5 Å². The van der Waals surface area contributed by atoms with Crippen LogP contribution in [0.2, 0.25) is 0 Å². The van der Waals surface area contributed by atoms with E-state index in [0.29, 0.717) is 18.7 Å². The normalized spacial score (nSPS) is 24.6. The molecule has 1 N–H and O–H groups in total. The standard InChI is InChI=1S/C25H28F3NO5/c1-14-21(13-33-12-16-7-5-4-6-8-16)34-25(32-3)15(2)22(14)24(31)29-11-20(30)17-9-18(26)23(28)19(27)10-17/h4-10,14-15,21-22,25H,11-13H2,1-3H3,(H,29,31)/t14-,15?,21?,22-,25-/m0/s1. The van der Waals surface area contributed by atoms with E-state index in [9.17, 15) is 22.8 Å². The molecular formula is C25H28F3NO5. The van der Waals surface area contributed by atoms with E-state index in [2.05, 4.69) is 5.32 Å². The third-order valence-electron chi connectivity index (χ3n) is 6.12. The predicted octanol–water partition coefficient (Wildman–Crippen LogP) is 3.88. The van der Waals surface area contributed by atoms with E-state index < -0.39 is 54.0 Å². The summed E-state index contributed by atoms with van der Waals surface area (Å²) in [4.78, 5) is 25.4. The first kappa shape index (κ1) is 25.9. The molecule has 9 heteroatoms. The average Bonchev–Trinajstić information content (AvgIpc) is 2.82. The van der Waals surface area contributed by atoms with Gasteiger partial charge in [0, 0.05) is 18.6 Å². The Morgan fingerprint density at radius 3 is 2.29 bits per heavy atom. The van der Waals surface area contributed by atoms with E-state index in [0.717, 1.165) is 5.56 Å². The maximum atomic E-state index is 13.4. The van der Waals surface area contributed by atoms with Crippen molar-refractivity contribution in [2.45, 2.75) is 32.8 Å². The van der Waals surface area contributed by atoms with E-state index in [1.54, 1.807) is 0 Å². The molecule has 34 heavy (non-hydrogen) atoms. The number of nitrogens with one attached hydrogen (secondary N) is 1. The summed E-state index contributed by atoms with van der Waals surface area (Å²) in [5.41, 5.74) is 0.635. The monoisotopic (exact) mass is 479 g/mol. The van der Waals surface area contributed by atoms with Crippen LogP contribution in [-0.4, -0.2) is 44.3 Å². The van der Waals surface area contributed by atoms with Crippen molar-refractivity contribution in [3.63, 3.8) is 0 Å². The second kappa shape index (κ2) is 11.6. The smallest absolute Gasteiger partial charge is 0.224 e. The van der Waals surface area contributed by atoms with Crippen molar-refractivity contribution in [2.75, 3.05) is 20.3 Å². The molecule has 2 aromatic rings. The number of Topliss-reactive ketones (excluding diaryl/α,β-unsaturated/α-hetero) is 1. The molecule has 0 saturated carbocycles. The fourth-order valence-electron chi connectivity index (χ4n) is 4.21. The van der Waals surface area contributed by atoms with Crippen LogP contribution in [0.1, 0.15) is 29.8 Å². The minimum Gasteiger partial charge on any atom is -0.374 e. The Hall–Kier alpha value is -2.75. The van der Waals surface area contributed by atoms with Crippen LogP contribution in [0.25, 0.3) is 0 Å². The van der Waals surface area contributed by atoms with Crippen LogP contribution in [0.5, 0.6) is 0 Å². The molecule has 2 unspecified atom stereocenters. The van der Waals surface area contributed by atoms with Crippen molar-refractivity contribution in [1.82, 2.24) is 5.32 Å². The fourth-order valence-corrected chi connectivity index (χ4v) is 4.21. The summed E-state index contributed by atoms with van der Waals surface area (Å²) in [6, 6.07) is 10.8. The topological polar surface area (TPSA) is 73.9 Å². The van der Waals surface area contributed by atoms with E-state index in [-0.39, 0.29) is 24.0 Å².